The molecule has 8 nitrogen and oxygen atoms in total. The lowest BCUT2D eigenvalue weighted by Crippen LogP contribution is -2.28. The van der Waals surface area contributed by atoms with Crippen molar-refractivity contribution >= 4 is 23.9 Å². The Labute approximate surface area is 157 Å². The summed E-state index contributed by atoms with van der Waals surface area (Å²) >= 11 is 0. The van der Waals surface area contributed by atoms with E-state index in [1.54, 1.807) is 6.07 Å². The van der Waals surface area contributed by atoms with Gasteiger partial charge in [-0.3, -0.25) is 0 Å². The summed E-state index contributed by atoms with van der Waals surface area (Å²) in [6.07, 6.45) is -1.78. The van der Waals surface area contributed by atoms with Crippen LogP contribution in [-0.2, 0) is 25.5 Å². The molecule has 0 aliphatic carbocycles. The number of carbonyl (C=O) groups excluding carboxylic acids is 4. The first-order chi connectivity index (χ1) is 12.8. The average molecular weight is 380 g/mol. The minimum atomic E-state index is -1.47. The van der Waals surface area contributed by atoms with Crippen molar-refractivity contribution in [3.05, 3.63) is 34.9 Å². The normalized spacial score (nSPS) is 12.8. The van der Waals surface area contributed by atoms with Crippen molar-refractivity contribution in [3.63, 3.8) is 0 Å². The monoisotopic (exact) mass is 380 g/mol. The lowest BCUT2D eigenvalue weighted by atomic mass is 9.97. The minimum Gasteiger partial charge on any atom is -0.387 e. The summed E-state index contributed by atoms with van der Waals surface area (Å²) in [5.74, 6) is -4.53. The number of hydrogen-bond donors (Lipinski definition) is 2. The predicted octanol–water partition coefficient (Wildman–Crippen LogP) is 1.55. The molecule has 0 aliphatic rings. The van der Waals surface area contributed by atoms with Gasteiger partial charge in [-0.1, -0.05) is 39.3 Å². The van der Waals surface area contributed by atoms with Crippen molar-refractivity contribution in [2.45, 2.75) is 58.7 Å². The standard InChI is InChI=1S/C19H24O8/c1-4-8-11-9-7-10-12(16(22)26-17(23)13(20)5-2)15(11)19(25)27-18(24)14(21)6-3/h7,9-10,13-14,20-21H,4-6,8H2,1-3H3. The molecule has 1 rings (SSSR count). The second kappa shape index (κ2) is 10.5. The highest BCUT2D eigenvalue weighted by atomic mass is 16.6. The average Bonchev–Trinajstić information content (AvgIpc) is 2.66. The Bertz CT molecular complexity index is 710. The van der Waals surface area contributed by atoms with Crippen LogP contribution in [0.3, 0.4) is 0 Å². The molecule has 2 N–H and O–H groups in total. The molecule has 148 valence electrons. The molecular formula is C19H24O8. The molecule has 0 saturated carbocycles. The van der Waals surface area contributed by atoms with Crippen molar-refractivity contribution in [2.75, 3.05) is 0 Å². The maximum atomic E-state index is 12.5. The Kier molecular flexibility index (Phi) is 8.77. The maximum Gasteiger partial charge on any atom is 0.347 e. The van der Waals surface area contributed by atoms with Crippen molar-refractivity contribution < 1.29 is 38.9 Å². The van der Waals surface area contributed by atoms with Crippen molar-refractivity contribution in [3.8, 4) is 0 Å². The van der Waals surface area contributed by atoms with E-state index in [0.29, 0.717) is 18.4 Å². The topological polar surface area (TPSA) is 127 Å². The molecule has 0 saturated heterocycles. The Morgan fingerprint density at radius 1 is 0.889 bits per heavy atom. The van der Waals surface area contributed by atoms with Gasteiger partial charge in [0.15, 0.2) is 12.2 Å². The molecule has 0 heterocycles. The van der Waals surface area contributed by atoms with E-state index in [1.165, 1.54) is 26.0 Å². The first-order valence-electron chi connectivity index (χ1n) is 8.76. The molecule has 0 aromatic heterocycles. The molecule has 0 aliphatic heterocycles. The molecule has 1 aromatic rings. The molecule has 0 amide bonds. The number of aryl methyl sites for hydroxylation is 1. The zero-order valence-electron chi connectivity index (χ0n) is 15.6. The van der Waals surface area contributed by atoms with Gasteiger partial charge in [0, 0.05) is 0 Å². The van der Waals surface area contributed by atoms with Gasteiger partial charge in [0.05, 0.1) is 11.1 Å². The van der Waals surface area contributed by atoms with Gasteiger partial charge in [-0.2, -0.15) is 0 Å². The van der Waals surface area contributed by atoms with E-state index in [2.05, 4.69) is 9.47 Å². The van der Waals surface area contributed by atoms with E-state index >= 15 is 0 Å². The number of carbonyl (C=O) groups is 4. The number of rotatable bonds is 8. The lowest BCUT2D eigenvalue weighted by molar-refractivity contribution is -0.148. The molecule has 0 bridgehead atoms. The summed E-state index contributed by atoms with van der Waals surface area (Å²) in [5.41, 5.74) is -0.0413. The van der Waals surface area contributed by atoms with E-state index in [-0.39, 0.29) is 24.0 Å². The summed E-state index contributed by atoms with van der Waals surface area (Å²) in [5, 5.41) is 18.9. The molecule has 0 radical (unpaired) electrons. The highest BCUT2D eigenvalue weighted by Crippen LogP contribution is 2.20. The smallest absolute Gasteiger partial charge is 0.347 e. The minimum absolute atomic E-state index is 0.0558. The zero-order chi connectivity index (χ0) is 20.6. The fraction of sp³-hybridized carbons (Fsp3) is 0.474. The third-order valence-electron chi connectivity index (χ3n) is 3.80. The van der Waals surface area contributed by atoms with Crippen LogP contribution >= 0.6 is 0 Å². The van der Waals surface area contributed by atoms with Gasteiger partial charge in [0.2, 0.25) is 0 Å². The quantitative estimate of drug-likeness (QED) is 0.514. The number of esters is 4. The first-order valence-corrected chi connectivity index (χ1v) is 8.76. The first kappa shape index (κ1) is 22.5. The summed E-state index contributed by atoms with van der Waals surface area (Å²) in [7, 11) is 0. The van der Waals surface area contributed by atoms with Gasteiger partial charge in [-0.15, -0.1) is 0 Å². The van der Waals surface area contributed by atoms with Crippen LogP contribution in [0, 0.1) is 0 Å². The van der Waals surface area contributed by atoms with Gasteiger partial charge < -0.3 is 19.7 Å². The van der Waals surface area contributed by atoms with Gasteiger partial charge >= 0.3 is 23.9 Å². The van der Waals surface area contributed by atoms with Gasteiger partial charge in [-0.25, -0.2) is 19.2 Å². The van der Waals surface area contributed by atoms with Crippen LogP contribution in [0.15, 0.2) is 18.2 Å². The lowest BCUT2D eigenvalue weighted by Gasteiger charge is -2.14. The summed E-state index contributed by atoms with van der Waals surface area (Å²) < 4.78 is 9.29. The third kappa shape index (κ3) is 5.97. The van der Waals surface area contributed by atoms with Crippen LogP contribution in [-0.4, -0.2) is 46.3 Å². The number of hydrogen-bond acceptors (Lipinski definition) is 8. The second-order valence-electron chi connectivity index (χ2n) is 5.85. The van der Waals surface area contributed by atoms with Crippen LogP contribution in [0.2, 0.25) is 0 Å². The molecule has 1 aromatic carbocycles. The highest BCUT2D eigenvalue weighted by Gasteiger charge is 2.28. The van der Waals surface area contributed by atoms with Gasteiger partial charge in [-0.05, 0) is 30.9 Å². The fourth-order valence-corrected chi connectivity index (χ4v) is 2.25. The molecule has 8 heteroatoms. The van der Waals surface area contributed by atoms with E-state index in [9.17, 15) is 29.4 Å². The van der Waals surface area contributed by atoms with Crippen LogP contribution in [0.1, 0.15) is 66.3 Å². The summed E-state index contributed by atoms with van der Waals surface area (Å²) in [4.78, 5) is 48.2. The number of aliphatic hydroxyl groups excluding tert-OH is 2. The Balaban J connectivity index is 3.23. The van der Waals surface area contributed by atoms with Crippen LogP contribution in [0.5, 0.6) is 0 Å². The van der Waals surface area contributed by atoms with Crippen molar-refractivity contribution in [1.29, 1.82) is 0 Å². The Morgan fingerprint density at radius 3 is 1.89 bits per heavy atom. The summed E-state index contributed by atoms with van der Waals surface area (Å²) in [6.45, 7) is 4.92. The zero-order valence-corrected chi connectivity index (χ0v) is 15.6. The van der Waals surface area contributed by atoms with Crippen LogP contribution in [0.25, 0.3) is 0 Å². The second-order valence-corrected chi connectivity index (χ2v) is 5.85. The van der Waals surface area contributed by atoms with E-state index in [4.69, 9.17) is 0 Å². The van der Waals surface area contributed by atoms with Crippen LogP contribution < -0.4 is 0 Å². The van der Waals surface area contributed by atoms with Gasteiger partial charge in [0.25, 0.3) is 0 Å². The molecule has 0 fully saturated rings. The summed E-state index contributed by atoms with van der Waals surface area (Å²) in [6, 6.07) is 4.34. The van der Waals surface area contributed by atoms with Crippen molar-refractivity contribution in [1.82, 2.24) is 0 Å². The number of benzene rings is 1. The van der Waals surface area contributed by atoms with Gasteiger partial charge in [0.1, 0.15) is 0 Å². The van der Waals surface area contributed by atoms with E-state index in [0.717, 1.165) is 0 Å². The van der Waals surface area contributed by atoms with E-state index < -0.39 is 36.1 Å². The SMILES string of the molecule is CCCc1cccc(C(=O)OC(=O)C(O)CC)c1C(=O)OC(=O)C(O)CC. The molecular weight excluding hydrogens is 356 g/mol. The fourth-order valence-electron chi connectivity index (χ4n) is 2.25. The molecule has 2 unspecified atom stereocenters. The molecule has 0 spiro atoms. The Morgan fingerprint density at radius 2 is 1.41 bits per heavy atom. The highest BCUT2D eigenvalue weighted by molar-refractivity contribution is 6.09. The van der Waals surface area contributed by atoms with E-state index in [1.807, 2.05) is 6.92 Å². The predicted molar refractivity (Wildman–Crippen MR) is 93.9 cm³/mol. The third-order valence-corrected chi connectivity index (χ3v) is 3.80. The molecule has 2 atom stereocenters. The number of ether oxygens (including phenoxy) is 2. The van der Waals surface area contributed by atoms with Crippen LogP contribution in [0.4, 0.5) is 0 Å². The Hall–Kier alpha value is -2.58. The van der Waals surface area contributed by atoms with Crippen molar-refractivity contribution in [2.24, 2.45) is 0 Å². The largest absolute Gasteiger partial charge is 0.387 e. The number of aliphatic hydroxyl groups is 2. The molecule has 27 heavy (non-hydrogen) atoms. The maximum absolute atomic E-state index is 12.5.